The summed E-state index contributed by atoms with van der Waals surface area (Å²) >= 11 is 0. The smallest absolute Gasteiger partial charge is 0.322 e. The number of aromatic amines is 1. The Morgan fingerprint density at radius 3 is 2.33 bits per heavy atom. The molecule has 0 unspecified atom stereocenters. The normalized spacial score (nSPS) is 14.1. The van der Waals surface area contributed by atoms with Crippen molar-refractivity contribution in [2.24, 2.45) is 11.7 Å². The van der Waals surface area contributed by atoms with E-state index in [9.17, 15) is 19.2 Å². The Morgan fingerprint density at radius 1 is 1.15 bits per heavy atom. The molecule has 150 valence electrons. The maximum Gasteiger partial charge on any atom is 0.322 e. The van der Waals surface area contributed by atoms with Crippen LogP contribution in [0.25, 0.3) is 0 Å². The van der Waals surface area contributed by atoms with Crippen molar-refractivity contribution in [1.82, 2.24) is 25.9 Å². The second-order valence-corrected chi connectivity index (χ2v) is 6.45. The van der Waals surface area contributed by atoms with E-state index in [0.717, 1.165) is 0 Å². The Labute approximate surface area is 156 Å². The maximum absolute atomic E-state index is 12.6. The molecule has 3 amide bonds. The lowest BCUT2D eigenvalue weighted by atomic mass is 10.0. The SMILES string of the molecule is CC(C)[C@H](N)C(=O)N[C@@H](Cc1cnc[nH]1)C(=O)N[C@@H](C)C(=O)NCC(=O)O. The van der Waals surface area contributed by atoms with Crippen molar-refractivity contribution < 1.29 is 24.3 Å². The van der Waals surface area contributed by atoms with Gasteiger partial charge in [-0.1, -0.05) is 13.8 Å². The molecule has 27 heavy (non-hydrogen) atoms. The summed E-state index contributed by atoms with van der Waals surface area (Å²) in [5, 5.41) is 15.8. The van der Waals surface area contributed by atoms with Gasteiger partial charge in [0.1, 0.15) is 18.6 Å². The van der Waals surface area contributed by atoms with Gasteiger partial charge in [0.25, 0.3) is 0 Å². The molecule has 11 nitrogen and oxygen atoms in total. The average Bonchev–Trinajstić information content (AvgIpc) is 3.10. The number of rotatable bonds is 10. The lowest BCUT2D eigenvalue weighted by Gasteiger charge is -2.23. The van der Waals surface area contributed by atoms with Crippen LogP contribution in [0.15, 0.2) is 12.5 Å². The molecule has 0 spiro atoms. The number of carboxylic acid groups (broad SMARTS) is 1. The fourth-order valence-corrected chi connectivity index (χ4v) is 2.09. The standard InChI is InChI=1S/C16H26N6O5/c1-8(2)13(17)16(27)22-11(4-10-5-18-7-20-10)15(26)21-9(3)14(25)19-6-12(23)24/h5,7-9,11,13H,4,6,17H2,1-3H3,(H,18,20)(H,19,25)(H,21,26)(H,22,27)(H,23,24)/t9-,11-,13-/m0/s1. The Balaban J connectivity index is 2.78. The first-order valence-electron chi connectivity index (χ1n) is 8.44. The molecule has 0 aliphatic rings. The summed E-state index contributed by atoms with van der Waals surface area (Å²) in [7, 11) is 0. The van der Waals surface area contributed by atoms with Crippen LogP contribution in [0.5, 0.6) is 0 Å². The monoisotopic (exact) mass is 382 g/mol. The van der Waals surface area contributed by atoms with E-state index in [2.05, 4.69) is 25.9 Å². The van der Waals surface area contributed by atoms with Gasteiger partial charge in [-0.15, -0.1) is 0 Å². The van der Waals surface area contributed by atoms with Crippen LogP contribution in [-0.2, 0) is 25.6 Å². The third kappa shape index (κ3) is 7.44. The fourth-order valence-electron chi connectivity index (χ4n) is 2.09. The van der Waals surface area contributed by atoms with Crippen LogP contribution in [0.4, 0.5) is 0 Å². The summed E-state index contributed by atoms with van der Waals surface area (Å²) in [5.74, 6) is -3.08. The van der Waals surface area contributed by atoms with Gasteiger partial charge in [0.2, 0.25) is 17.7 Å². The van der Waals surface area contributed by atoms with Gasteiger partial charge in [0, 0.05) is 18.3 Å². The summed E-state index contributed by atoms with van der Waals surface area (Å²) < 4.78 is 0. The number of nitrogens with one attached hydrogen (secondary N) is 4. The third-order valence-electron chi connectivity index (χ3n) is 3.80. The van der Waals surface area contributed by atoms with Crippen LogP contribution in [0.3, 0.4) is 0 Å². The van der Waals surface area contributed by atoms with Crippen LogP contribution in [0.2, 0.25) is 0 Å². The van der Waals surface area contributed by atoms with E-state index in [-0.39, 0.29) is 12.3 Å². The molecule has 1 heterocycles. The molecule has 3 atom stereocenters. The van der Waals surface area contributed by atoms with E-state index in [1.54, 1.807) is 13.8 Å². The zero-order valence-corrected chi connectivity index (χ0v) is 15.5. The molecule has 0 fully saturated rings. The lowest BCUT2D eigenvalue weighted by Crippen LogP contribution is -2.56. The maximum atomic E-state index is 12.6. The summed E-state index contributed by atoms with van der Waals surface area (Å²) in [6.45, 7) is 4.41. The van der Waals surface area contributed by atoms with E-state index in [0.29, 0.717) is 5.69 Å². The van der Waals surface area contributed by atoms with Gasteiger partial charge in [0.15, 0.2) is 0 Å². The number of imidazole rings is 1. The van der Waals surface area contributed by atoms with Gasteiger partial charge < -0.3 is 31.8 Å². The van der Waals surface area contributed by atoms with Gasteiger partial charge in [-0.05, 0) is 12.8 Å². The topological polar surface area (TPSA) is 179 Å². The number of aromatic nitrogens is 2. The number of nitrogens with zero attached hydrogens (tertiary/aromatic N) is 1. The minimum absolute atomic E-state index is 0.117. The molecular weight excluding hydrogens is 356 g/mol. The predicted molar refractivity (Wildman–Crippen MR) is 95.3 cm³/mol. The van der Waals surface area contributed by atoms with Crippen LogP contribution in [0, 0.1) is 5.92 Å². The molecule has 0 aromatic carbocycles. The van der Waals surface area contributed by atoms with E-state index in [4.69, 9.17) is 10.8 Å². The van der Waals surface area contributed by atoms with Gasteiger partial charge in [-0.2, -0.15) is 0 Å². The second-order valence-electron chi connectivity index (χ2n) is 6.45. The molecule has 0 saturated carbocycles. The summed E-state index contributed by atoms with van der Waals surface area (Å²) in [6, 6.07) is -2.77. The predicted octanol–water partition coefficient (Wildman–Crippen LogP) is -1.87. The largest absolute Gasteiger partial charge is 0.480 e. The Bertz CT molecular complexity index is 660. The number of amides is 3. The number of aliphatic carboxylic acids is 1. The molecular formula is C16H26N6O5. The molecule has 0 aliphatic heterocycles. The summed E-state index contributed by atoms with van der Waals surface area (Å²) in [6.07, 6.45) is 3.07. The van der Waals surface area contributed by atoms with Crippen molar-refractivity contribution in [1.29, 1.82) is 0 Å². The van der Waals surface area contributed by atoms with E-state index >= 15 is 0 Å². The molecule has 0 saturated heterocycles. The summed E-state index contributed by atoms with van der Waals surface area (Å²) in [4.78, 5) is 53.8. The second kappa shape index (κ2) is 10.3. The minimum Gasteiger partial charge on any atom is -0.480 e. The molecule has 0 bridgehead atoms. The molecule has 0 radical (unpaired) electrons. The highest BCUT2D eigenvalue weighted by Crippen LogP contribution is 2.03. The highest BCUT2D eigenvalue weighted by Gasteiger charge is 2.28. The van der Waals surface area contributed by atoms with Crippen LogP contribution in [-0.4, -0.2) is 63.4 Å². The summed E-state index contributed by atoms with van der Waals surface area (Å²) in [5.41, 5.74) is 6.42. The number of carboxylic acids is 1. The van der Waals surface area contributed by atoms with Gasteiger partial charge in [0.05, 0.1) is 12.4 Å². The quantitative estimate of drug-likeness (QED) is 0.274. The van der Waals surface area contributed by atoms with E-state index in [1.165, 1.54) is 19.4 Å². The van der Waals surface area contributed by atoms with E-state index < -0.39 is 48.4 Å². The van der Waals surface area contributed by atoms with Crippen molar-refractivity contribution >= 4 is 23.7 Å². The van der Waals surface area contributed by atoms with Gasteiger partial charge in [-0.3, -0.25) is 19.2 Å². The first kappa shape index (κ1) is 22.1. The minimum atomic E-state index is -1.20. The highest BCUT2D eigenvalue weighted by atomic mass is 16.4. The van der Waals surface area contributed by atoms with Crippen molar-refractivity contribution in [3.8, 4) is 0 Å². The number of hydrogen-bond donors (Lipinski definition) is 6. The Morgan fingerprint density at radius 2 is 1.81 bits per heavy atom. The lowest BCUT2D eigenvalue weighted by molar-refractivity contribution is -0.138. The van der Waals surface area contributed by atoms with Gasteiger partial charge in [-0.25, -0.2) is 4.98 Å². The first-order valence-corrected chi connectivity index (χ1v) is 8.44. The molecule has 1 aromatic rings. The molecule has 7 N–H and O–H groups in total. The van der Waals surface area contributed by atoms with Gasteiger partial charge >= 0.3 is 5.97 Å². The number of H-pyrrole nitrogens is 1. The number of carbonyl (C=O) groups is 4. The van der Waals surface area contributed by atoms with Crippen LogP contribution < -0.4 is 21.7 Å². The zero-order valence-electron chi connectivity index (χ0n) is 15.5. The molecule has 1 rings (SSSR count). The zero-order chi connectivity index (χ0) is 20.6. The van der Waals surface area contributed by atoms with Crippen molar-refractivity contribution in [3.63, 3.8) is 0 Å². The number of hydrogen-bond acceptors (Lipinski definition) is 6. The first-order chi connectivity index (χ1) is 12.6. The number of carbonyl (C=O) groups excluding carboxylic acids is 3. The molecule has 0 aliphatic carbocycles. The molecule has 11 heteroatoms. The van der Waals surface area contributed by atoms with E-state index in [1.807, 2.05) is 0 Å². The highest BCUT2D eigenvalue weighted by molar-refractivity contribution is 5.93. The number of nitrogens with two attached hydrogens (primary N) is 1. The Kier molecular flexibility index (Phi) is 8.39. The third-order valence-corrected chi connectivity index (χ3v) is 3.80. The van der Waals surface area contributed by atoms with Crippen LogP contribution in [0.1, 0.15) is 26.5 Å². The van der Waals surface area contributed by atoms with Crippen molar-refractivity contribution in [2.75, 3.05) is 6.54 Å². The fraction of sp³-hybridized carbons (Fsp3) is 0.562. The average molecular weight is 382 g/mol. The Hall–Kier alpha value is -2.95. The van der Waals surface area contributed by atoms with Crippen molar-refractivity contribution in [2.45, 2.75) is 45.3 Å². The molecule has 1 aromatic heterocycles. The van der Waals surface area contributed by atoms with Crippen LogP contribution >= 0.6 is 0 Å². The van der Waals surface area contributed by atoms with Crippen molar-refractivity contribution in [3.05, 3.63) is 18.2 Å².